The van der Waals surface area contributed by atoms with E-state index in [1.807, 2.05) is 0 Å². The van der Waals surface area contributed by atoms with Crippen LogP contribution in [-0.2, 0) is 4.74 Å². The van der Waals surface area contributed by atoms with Gasteiger partial charge in [-0.3, -0.25) is 0 Å². The van der Waals surface area contributed by atoms with Crippen LogP contribution in [0.4, 0.5) is 5.13 Å². The fourth-order valence-electron chi connectivity index (χ4n) is 1.94. The van der Waals surface area contributed by atoms with Crippen molar-refractivity contribution in [2.24, 2.45) is 5.92 Å². The molecule has 1 fully saturated rings. The molecular weight excluding hydrogens is 236 g/mol. The second-order valence-electron chi connectivity index (χ2n) is 4.34. The predicted octanol–water partition coefficient (Wildman–Crippen LogP) is 2.56. The Morgan fingerprint density at radius 1 is 1.65 bits per heavy atom. The lowest BCUT2D eigenvalue weighted by molar-refractivity contribution is 0.0595. The highest BCUT2D eigenvalue weighted by Gasteiger charge is 2.22. The first-order valence-electron chi connectivity index (χ1n) is 6.03. The van der Waals surface area contributed by atoms with Gasteiger partial charge in [0, 0.05) is 18.5 Å². The highest BCUT2D eigenvalue weighted by Crippen LogP contribution is 2.30. The van der Waals surface area contributed by atoms with Gasteiger partial charge in [0.1, 0.15) is 0 Å². The molecule has 0 bridgehead atoms. The molecular formula is C12H18N2O2S. The lowest BCUT2D eigenvalue weighted by atomic mass is 9.85. The predicted molar refractivity (Wildman–Crippen MR) is 68.7 cm³/mol. The van der Waals surface area contributed by atoms with Crippen molar-refractivity contribution >= 4 is 22.4 Å². The van der Waals surface area contributed by atoms with Crippen LogP contribution in [0.25, 0.3) is 0 Å². The van der Waals surface area contributed by atoms with E-state index in [9.17, 15) is 4.79 Å². The van der Waals surface area contributed by atoms with Gasteiger partial charge in [0.05, 0.1) is 7.11 Å². The van der Waals surface area contributed by atoms with Gasteiger partial charge in [-0.05, 0) is 25.7 Å². The highest BCUT2D eigenvalue weighted by molar-refractivity contribution is 7.13. The molecule has 0 amide bonds. The molecule has 94 valence electrons. The number of hydrogen-bond donors (Lipinski definition) is 0. The summed E-state index contributed by atoms with van der Waals surface area (Å²) in [5, 5.41) is 2.70. The molecule has 0 aliphatic heterocycles. The number of hydrogen-bond acceptors (Lipinski definition) is 5. The van der Waals surface area contributed by atoms with Crippen LogP contribution >= 0.6 is 11.3 Å². The molecule has 0 spiro atoms. The van der Waals surface area contributed by atoms with E-state index in [-0.39, 0.29) is 5.97 Å². The van der Waals surface area contributed by atoms with Crippen molar-refractivity contribution in [2.45, 2.75) is 26.2 Å². The number of thiazole rings is 1. The minimum atomic E-state index is -0.354. The van der Waals surface area contributed by atoms with E-state index in [0.29, 0.717) is 5.69 Å². The number of esters is 1. The Balaban J connectivity index is 2.02. The summed E-state index contributed by atoms with van der Waals surface area (Å²) in [5.74, 6) is 0.452. The number of nitrogens with zero attached hydrogens (tertiary/aromatic N) is 2. The number of ether oxygens (including phenoxy) is 1. The molecule has 0 saturated heterocycles. The van der Waals surface area contributed by atoms with Gasteiger partial charge in [-0.25, -0.2) is 9.78 Å². The standard InChI is InChI=1S/C12H18N2O2S/c1-3-14(7-9-5-4-6-9)12-13-10(8-17-12)11(15)16-2/h8-9H,3-7H2,1-2H3. The van der Waals surface area contributed by atoms with Gasteiger partial charge >= 0.3 is 5.97 Å². The summed E-state index contributed by atoms with van der Waals surface area (Å²) in [7, 11) is 1.38. The van der Waals surface area contributed by atoms with Crippen LogP contribution in [0.1, 0.15) is 36.7 Å². The molecule has 1 saturated carbocycles. The van der Waals surface area contributed by atoms with Crippen LogP contribution in [0, 0.1) is 5.92 Å². The molecule has 0 aromatic carbocycles. The molecule has 2 rings (SSSR count). The first-order valence-corrected chi connectivity index (χ1v) is 6.91. The van der Waals surface area contributed by atoms with Crippen LogP contribution in [-0.4, -0.2) is 31.2 Å². The van der Waals surface area contributed by atoms with E-state index in [1.165, 1.54) is 37.7 Å². The van der Waals surface area contributed by atoms with Gasteiger partial charge < -0.3 is 9.64 Å². The maximum absolute atomic E-state index is 11.3. The van der Waals surface area contributed by atoms with Crippen molar-refractivity contribution in [3.05, 3.63) is 11.1 Å². The Hall–Kier alpha value is -1.10. The number of methoxy groups -OCH3 is 1. The summed E-state index contributed by atoms with van der Waals surface area (Å²) >= 11 is 1.52. The number of aromatic nitrogens is 1. The summed E-state index contributed by atoms with van der Waals surface area (Å²) in [6.45, 7) is 4.12. The third-order valence-corrected chi connectivity index (χ3v) is 4.14. The van der Waals surface area contributed by atoms with Crippen molar-refractivity contribution in [3.63, 3.8) is 0 Å². The molecule has 5 heteroatoms. The summed E-state index contributed by atoms with van der Waals surface area (Å²) in [5.41, 5.74) is 0.416. The minimum Gasteiger partial charge on any atom is -0.464 e. The summed E-state index contributed by atoms with van der Waals surface area (Å²) < 4.78 is 4.66. The molecule has 1 aliphatic rings. The Kier molecular flexibility index (Phi) is 3.99. The van der Waals surface area contributed by atoms with Gasteiger partial charge in [0.15, 0.2) is 10.8 Å². The number of rotatable bonds is 5. The summed E-state index contributed by atoms with van der Waals surface area (Å²) in [6.07, 6.45) is 4.00. The van der Waals surface area contributed by atoms with Crippen LogP contribution in [0.5, 0.6) is 0 Å². The van der Waals surface area contributed by atoms with Crippen molar-refractivity contribution in [2.75, 3.05) is 25.1 Å². The SMILES string of the molecule is CCN(CC1CCC1)c1nc(C(=O)OC)cs1. The van der Waals surface area contributed by atoms with Crippen molar-refractivity contribution in [1.29, 1.82) is 0 Å². The second kappa shape index (κ2) is 5.49. The third kappa shape index (κ3) is 2.77. The van der Waals surface area contributed by atoms with E-state index >= 15 is 0 Å². The van der Waals surface area contributed by atoms with E-state index in [0.717, 1.165) is 24.1 Å². The van der Waals surface area contributed by atoms with Gasteiger partial charge in [-0.2, -0.15) is 0 Å². The Labute approximate surface area is 106 Å². The zero-order valence-corrected chi connectivity index (χ0v) is 11.1. The van der Waals surface area contributed by atoms with E-state index in [2.05, 4.69) is 21.5 Å². The van der Waals surface area contributed by atoms with Crippen LogP contribution in [0.15, 0.2) is 5.38 Å². The Morgan fingerprint density at radius 2 is 2.41 bits per heavy atom. The second-order valence-corrected chi connectivity index (χ2v) is 5.18. The smallest absolute Gasteiger partial charge is 0.357 e. The molecule has 0 N–H and O–H groups in total. The fourth-order valence-corrected chi connectivity index (χ4v) is 2.81. The first kappa shape index (κ1) is 12.4. The number of anilines is 1. The van der Waals surface area contributed by atoms with Crippen LogP contribution in [0.2, 0.25) is 0 Å². The Morgan fingerprint density at radius 3 is 2.94 bits per heavy atom. The minimum absolute atomic E-state index is 0.354. The molecule has 1 aromatic rings. The summed E-state index contributed by atoms with van der Waals surface area (Å²) in [6, 6.07) is 0. The quantitative estimate of drug-likeness (QED) is 0.757. The van der Waals surface area contributed by atoms with E-state index in [1.54, 1.807) is 5.38 Å². The average Bonchev–Trinajstić information content (AvgIpc) is 2.76. The van der Waals surface area contributed by atoms with E-state index < -0.39 is 0 Å². The lowest BCUT2D eigenvalue weighted by Crippen LogP contribution is -2.32. The number of carbonyl (C=O) groups is 1. The maximum Gasteiger partial charge on any atom is 0.357 e. The molecule has 1 aromatic heterocycles. The molecule has 1 heterocycles. The van der Waals surface area contributed by atoms with Gasteiger partial charge in [-0.1, -0.05) is 6.42 Å². The largest absolute Gasteiger partial charge is 0.464 e. The first-order chi connectivity index (χ1) is 8.24. The zero-order valence-electron chi connectivity index (χ0n) is 10.3. The molecule has 4 nitrogen and oxygen atoms in total. The molecule has 17 heavy (non-hydrogen) atoms. The third-order valence-electron chi connectivity index (χ3n) is 3.24. The van der Waals surface area contributed by atoms with Crippen molar-refractivity contribution in [3.8, 4) is 0 Å². The van der Waals surface area contributed by atoms with E-state index in [4.69, 9.17) is 0 Å². The summed E-state index contributed by atoms with van der Waals surface area (Å²) in [4.78, 5) is 17.9. The molecule has 0 atom stereocenters. The van der Waals surface area contributed by atoms with Crippen molar-refractivity contribution in [1.82, 2.24) is 4.98 Å². The monoisotopic (exact) mass is 254 g/mol. The van der Waals surface area contributed by atoms with Crippen LogP contribution < -0.4 is 4.90 Å². The van der Waals surface area contributed by atoms with Gasteiger partial charge in [0.2, 0.25) is 0 Å². The van der Waals surface area contributed by atoms with Gasteiger partial charge in [0.25, 0.3) is 0 Å². The van der Waals surface area contributed by atoms with Crippen LogP contribution in [0.3, 0.4) is 0 Å². The molecule has 0 radical (unpaired) electrons. The zero-order chi connectivity index (χ0) is 12.3. The Bertz CT molecular complexity index is 388. The lowest BCUT2D eigenvalue weighted by Gasteiger charge is -2.31. The highest BCUT2D eigenvalue weighted by atomic mass is 32.1. The normalized spacial score (nSPS) is 15.4. The topological polar surface area (TPSA) is 42.4 Å². The maximum atomic E-state index is 11.3. The van der Waals surface area contributed by atoms with Gasteiger partial charge in [-0.15, -0.1) is 11.3 Å². The molecule has 0 unspecified atom stereocenters. The van der Waals surface area contributed by atoms with Crippen molar-refractivity contribution < 1.29 is 9.53 Å². The fraction of sp³-hybridized carbons (Fsp3) is 0.667. The average molecular weight is 254 g/mol. The molecule has 1 aliphatic carbocycles. The number of carbonyl (C=O) groups excluding carboxylic acids is 1.